The van der Waals surface area contributed by atoms with Crippen molar-refractivity contribution in [3.05, 3.63) is 47.8 Å². The van der Waals surface area contributed by atoms with Gasteiger partial charge in [-0.15, -0.1) is 0 Å². The molecule has 0 saturated carbocycles. The van der Waals surface area contributed by atoms with E-state index in [0.717, 1.165) is 18.4 Å². The molecule has 172 valence electrons. The molecular weight excluding hydrogens is 392 g/mol. The van der Waals surface area contributed by atoms with Gasteiger partial charge in [0, 0.05) is 25.5 Å². The van der Waals surface area contributed by atoms with E-state index < -0.39 is 11.4 Å². The lowest BCUT2D eigenvalue weighted by Crippen LogP contribution is -2.53. The minimum Gasteiger partial charge on any atom is -0.432 e. The van der Waals surface area contributed by atoms with Gasteiger partial charge in [-0.05, 0) is 56.6 Å². The molecule has 31 heavy (non-hydrogen) atoms. The first kappa shape index (κ1) is 24.0. The van der Waals surface area contributed by atoms with Gasteiger partial charge < -0.3 is 18.9 Å². The summed E-state index contributed by atoms with van der Waals surface area (Å²) in [5, 5.41) is 0. The van der Waals surface area contributed by atoms with Crippen LogP contribution >= 0.6 is 0 Å². The van der Waals surface area contributed by atoms with Crippen LogP contribution in [0.4, 0.5) is 0 Å². The van der Waals surface area contributed by atoms with Crippen molar-refractivity contribution >= 4 is 5.97 Å². The van der Waals surface area contributed by atoms with E-state index in [1.165, 1.54) is 17.9 Å². The summed E-state index contributed by atoms with van der Waals surface area (Å²) in [6.07, 6.45) is 14.2. The number of carbonyl (C=O) groups is 1. The number of carbonyl (C=O) groups excluding carboxylic acids is 1. The number of esters is 1. The van der Waals surface area contributed by atoms with Crippen LogP contribution in [0.1, 0.15) is 60.8 Å². The molecule has 5 nitrogen and oxygen atoms in total. The number of rotatable bonds is 7. The van der Waals surface area contributed by atoms with Crippen LogP contribution in [0.15, 0.2) is 47.8 Å². The Morgan fingerprint density at radius 1 is 1.32 bits per heavy atom. The second-order valence-corrected chi connectivity index (χ2v) is 10.2. The van der Waals surface area contributed by atoms with E-state index in [4.69, 9.17) is 18.9 Å². The summed E-state index contributed by atoms with van der Waals surface area (Å²) < 4.78 is 24.1. The van der Waals surface area contributed by atoms with Crippen LogP contribution < -0.4 is 0 Å². The molecule has 0 N–H and O–H groups in total. The Balaban J connectivity index is 1.98. The molecule has 0 aromatic carbocycles. The Labute approximate surface area is 187 Å². The molecule has 0 amide bonds. The summed E-state index contributed by atoms with van der Waals surface area (Å²) in [5.41, 5.74) is 1.36. The van der Waals surface area contributed by atoms with Crippen molar-refractivity contribution in [2.45, 2.75) is 78.3 Å². The van der Waals surface area contributed by atoms with Gasteiger partial charge in [0.25, 0.3) is 0 Å². The first-order chi connectivity index (χ1) is 14.5. The Hall–Kier alpha value is -1.69. The maximum Gasteiger partial charge on any atom is 0.335 e. The van der Waals surface area contributed by atoms with Gasteiger partial charge in [-0.25, -0.2) is 4.79 Å². The average Bonchev–Trinajstić information content (AvgIpc) is 3.14. The molecule has 0 bridgehead atoms. The van der Waals surface area contributed by atoms with Crippen LogP contribution in [0, 0.1) is 17.3 Å². The van der Waals surface area contributed by atoms with E-state index in [1.54, 1.807) is 7.11 Å². The molecule has 5 heteroatoms. The molecule has 0 unspecified atom stereocenters. The SMILES string of the molecule is CO[C@@]1(C)C[C@@H]2OCC3=CC[C@](C)(C/C=C/C(C)C)[C@@H](/C=C/OC(=O)C=C(C)C)[C@]32O1. The zero-order valence-electron chi connectivity index (χ0n) is 20.1. The Kier molecular flexibility index (Phi) is 6.99. The van der Waals surface area contributed by atoms with E-state index in [1.807, 2.05) is 26.8 Å². The molecule has 2 fully saturated rings. The van der Waals surface area contributed by atoms with Crippen molar-refractivity contribution in [3.8, 4) is 0 Å². The average molecular weight is 431 g/mol. The fourth-order valence-electron chi connectivity index (χ4n) is 5.17. The highest BCUT2D eigenvalue weighted by molar-refractivity contribution is 5.83. The molecule has 2 aliphatic heterocycles. The van der Waals surface area contributed by atoms with Crippen LogP contribution in [-0.4, -0.2) is 37.2 Å². The van der Waals surface area contributed by atoms with E-state index >= 15 is 0 Å². The van der Waals surface area contributed by atoms with Crippen LogP contribution in [-0.2, 0) is 23.7 Å². The largest absolute Gasteiger partial charge is 0.432 e. The summed E-state index contributed by atoms with van der Waals surface area (Å²) >= 11 is 0. The molecule has 1 spiro atoms. The third kappa shape index (κ3) is 4.74. The molecule has 0 radical (unpaired) electrons. The number of allylic oxidation sites excluding steroid dienone is 4. The van der Waals surface area contributed by atoms with Gasteiger partial charge in [-0.2, -0.15) is 0 Å². The quantitative estimate of drug-likeness (QED) is 0.231. The van der Waals surface area contributed by atoms with Crippen molar-refractivity contribution in [3.63, 3.8) is 0 Å². The predicted octanol–water partition coefficient (Wildman–Crippen LogP) is 5.48. The molecule has 0 aromatic heterocycles. The zero-order valence-corrected chi connectivity index (χ0v) is 20.1. The Morgan fingerprint density at radius 3 is 2.71 bits per heavy atom. The first-order valence-electron chi connectivity index (χ1n) is 11.3. The predicted molar refractivity (Wildman–Crippen MR) is 121 cm³/mol. The van der Waals surface area contributed by atoms with Gasteiger partial charge >= 0.3 is 5.97 Å². The summed E-state index contributed by atoms with van der Waals surface area (Å²) in [6, 6.07) is 0. The summed E-state index contributed by atoms with van der Waals surface area (Å²) in [7, 11) is 1.68. The third-order valence-electron chi connectivity index (χ3n) is 6.79. The molecule has 3 aliphatic rings. The maximum absolute atomic E-state index is 12.1. The number of methoxy groups -OCH3 is 1. The van der Waals surface area contributed by atoms with E-state index in [0.29, 0.717) is 18.9 Å². The smallest absolute Gasteiger partial charge is 0.335 e. The lowest BCUT2D eigenvalue weighted by Gasteiger charge is -2.49. The number of hydrogen-bond acceptors (Lipinski definition) is 5. The molecule has 5 atom stereocenters. The summed E-state index contributed by atoms with van der Waals surface area (Å²) in [5.74, 6) is -0.602. The van der Waals surface area contributed by atoms with Gasteiger partial charge in [0.2, 0.25) is 0 Å². The molecule has 1 aliphatic carbocycles. The van der Waals surface area contributed by atoms with Crippen LogP contribution in [0.3, 0.4) is 0 Å². The summed E-state index contributed by atoms with van der Waals surface area (Å²) in [4.78, 5) is 12.1. The van der Waals surface area contributed by atoms with E-state index in [9.17, 15) is 4.79 Å². The monoisotopic (exact) mass is 430 g/mol. The van der Waals surface area contributed by atoms with Gasteiger partial charge in [0.15, 0.2) is 5.79 Å². The van der Waals surface area contributed by atoms with Crippen molar-refractivity contribution in [1.29, 1.82) is 0 Å². The van der Waals surface area contributed by atoms with Crippen molar-refractivity contribution in [2.24, 2.45) is 17.3 Å². The first-order valence-corrected chi connectivity index (χ1v) is 11.3. The van der Waals surface area contributed by atoms with Crippen molar-refractivity contribution in [2.75, 3.05) is 13.7 Å². The van der Waals surface area contributed by atoms with Gasteiger partial charge in [0.1, 0.15) is 5.60 Å². The van der Waals surface area contributed by atoms with Gasteiger partial charge in [0.05, 0.1) is 19.0 Å². The van der Waals surface area contributed by atoms with Crippen molar-refractivity contribution in [1.82, 2.24) is 0 Å². The molecule has 2 saturated heterocycles. The molecule has 3 rings (SSSR count). The fourth-order valence-corrected chi connectivity index (χ4v) is 5.17. The normalized spacial score (nSPS) is 37.2. The van der Waals surface area contributed by atoms with Crippen LogP contribution in [0.2, 0.25) is 0 Å². The van der Waals surface area contributed by atoms with E-state index in [2.05, 4.69) is 39.0 Å². The summed E-state index contributed by atoms with van der Waals surface area (Å²) in [6.45, 7) is 12.9. The van der Waals surface area contributed by atoms with Crippen molar-refractivity contribution < 1.29 is 23.7 Å². The zero-order chi connectivity index (χ0) is 22.9. The second kappa shape index (κ2) is 9.05. The minimum absolute atomic E-state index is 0.0270. The van der Waals surface area contributed by atoms with E-state index in [-0.39, 0.29) is 23.4 Å². The van der Waals surface area contributed by atoms with Gasteiger partial charge in [-0.3, -0.25) is 0 Å². The molecular formula is C26H38O5. The second-order valence-electron chi connectivity index (χ2n) is 10.2. The highest BCUT2D eigenvalue weighted by atomic mass is 16.7. The number of hydrogen-bond donors (Lipinski definition) is 0. The van der Waals surface area contributed by atoms with Crippen LogP contribution in [0.5, 0.6) is 0 Å². The molecule has 2 heterocycles. The topological polar surface area (TPSA) is 54.0 Å². The standard InChI is InChI=1S/C26H38O5/c1-18(2)9-8-12-24(5)13-10-20-17-30-22-16-25(6,28-7)31-26(20,22)21(24)11-14-29-23(27)15-19(3)4/h8-11,14-15,18,21-22H,12-13,16-17H2,1-7H3/b9-8+,14-11+/t21-,22+,24+,25-,26-/m1/s1. The number of ether oxygens (including phenoxy) is 4. The lowest BCUT2D eigenvalue weighted by molar-refractivity contribution is -0.235. The third-order valence-corrected chi connectivity index (χ3v) is 6.79. The Bertz CT molecular complexity index is 803. The fraction of sp³-hybridized carbons (Fsp3) is 0.654. The minimum atomic E-state index is -0.707. The maximum atomic E-state index is 12.1. The van der Waals surface area contributed by atoms with Crippen LogP contribution in [0.25, 0.3) is 0 Å². The highest BCUT2D eigenvalue weighted by Crippen LogP contribution is 2.60. The van der Waals surface area contributed by atoms with Gasteiger partial charge in [-0.1, -0.05) is 44.6 Å². The molecule has 0 aromatic rings. The highest BCUT2D eigenvalue weighted by Gasteiger charge is 2.67. The Morgan fingerprint density at radius 2 is 2.06 bits per heavy atom. The lowest BCUT2D eigenvalue weighted by atomic mass is 9.58.